The molecule has 0 aliphatic rings. The SMILES string of the molecule is COc1cc(Br)ccc1C(=O)N(C)CCC(F)(F)F. The van der Waals surface area contributed by atoms with Crippen molar-refractivity contribution in [3.05, 3.63) is 28.2 Å². The highest BCUT2D eigenvalue weighted by Crippen LogP contribution is 2.25. The Morgan fingerprint density at radius 2 is 2.05 bits per heavy atom. The normalized spacial score (nSPS) is 11.3. The van der Waals surface area contributed by atoms with Gasteiger partial charge in [0.25, 0.3) is 5.91 Å². The number of ether oxygens (including phenoxy) is 1. The van der Waals surface area contributed by atoms with Crippen molar-refractivity contribution in [3.8, 4) is 5.75 Å². The second kappa shape index (κ2) is 6.27. The van der Waals surface area contributed by atoms with E-state index < -0.39 is 18.5 Å². The minimum atomic E-state index is -4.28. The van der Waals surface area contributed by atoms with Crippen molar-refractivity contribution in [1.29, 1.82) is 0 Å². The van der Waals surface area contributed by atoms with Crippen LogP contribution in [-0.4, -0.2) is 37.7 Å². The van der Waals surface area contributed by atoms with Crippen molar-refractivity contribution >= 4 is 21.8 Å². The van der Waals surface area contributed by atoms with Crippen molar-refractivity contribution in [2.45, 2.75) is 12.6 Å². The molecule has 1 amide bonds. The number of carbonyl (C=O) groups is 1. The Kier molecular flexibility index (Phi) is 5.22. The summed E-state index contributed by atoms with van der Waals surface area (Å²) < 4.78 is 42.1. The van der Waals surface area contributed by atoms with Crippen molar-refractivity contribution in [3.63, 3.8) is 0 Å². The van der Waals surface area contributed by atoms with Crippen LogP contribution < -0.4 is 4.74 Å². The van der Waals surface area contributed by atoms with Crippen LogP contribution in [-0.2, 0) is 0 Å². The predicted octanol–water partition coefficient (Wildman–Crippen LogP) is 3.48. The first-order valence-corrected chi connectivity index (χ1v) is 6.19. The number of amides is 1. The summed E-state index contributed by atoms with van der Waals surface area (Å²) in [6, 6.07) is 4.73. The zero-order valence-corrected chi connectivity index (χ0v) is 12.0. The molecule has 0 unspecified atom stereocenters. The zero-order valence-electron chi connectivity index (χ0n) is 10.4. The topological polar surface area (TPSA) is 29.5 Å². The van der Waals surface area contributed by atoms with Crippen LogP contribution in [0.1, 0.15) is 16.8 Å². The highest BCUT2D eigenvalue weighted by molar-refractivity contribution is 9.10. The molecule has 0 aromatic heterocycles. The summed E-state index contributed by atoms with van der Waals surface area (Å²) in [6.45, 7) is -0.387. The van der Waals surface area contributed by atoms with Gasteiger partial charge in [0.05, 0.1) is 19.1 Å². The van der Waals surface area contributed by atoms with Gasteiger partial charge in [0.15, 0.2) is 0 Å². The van der Waals surface area contributed by atoms with E-state index in [4.69, 9.17) is 4.74 Å². The van der Waals surface area contributed by atoms with Crippen LogP contribution in [0.5, 0.6) is 5.75 Å². The summed E-state index contributed by atoms with van der Waals surface area (Å²) in [5.41, 5.74) is 0.232. The van der Waals surface area contributed by atoms with Gasteiger partial charge in [0.2, 0.25) is 0 Å². The van der Waals surface area contributed by atoms with Gasteiger partial charge in [-0.15, -0.1) is 0 Å². The number of rotatable bonds is 4. The largest absolute Gasteiger partial charge is 0.496 e. The molecule has 0 N–H and O–H groups in total. The number of nitrogens with zero attached hydrogens (tertiary/aromatic N) is 1. The molecule has 3 nitrogen and oxygen atoms in total. The fourth-order valence-corrected chi connectivity index (χ4v) is 1.78. The van der Waals surface area contributed by atoms with Gasteiger partial charge >= 0.3 is 6.18 Å². The summed E-state index contributed by atoms with van der Waals surface area (Å²) in [5, 5.41) is 0. The van der Waals surface area contributed by atoms with Gasteiger partial charge in [0.1, 0.15) is 5.75 Å². The van der Waals surface area contributed by atoms with Crippen molar-refractivity contribution in [1.82, 2.24) is 4.90 Å². The van der Waals surface area contributed by atoms with Gasteiger partial charge in [-0.2, -0.15) is 13.2 Å². The van der Waals surface area contributed by atoms with Crippen molar-refractivity contribution < 1.29 is 22.7 Å². The molecule has 1 aromatic rings. The van der Waals surface area contributed by atoms with Gasteiger partial charge in [-0.1, -0.05) is 15.9 Å². The first-order valence-electron chi connectivity index (χ1n) is 5.40. The number of halogens is 4. The van der Waals surface area contributed by atoms with Crippen LogP contribution in [0.4, 0.5) is 13.2 Å². The Hall–Kier alpha value is -1.24. The number of hydrogen-bond acceptors (Lipinski definition) is 2. The summed E-state index contributed by atoms with van der Waals surface area (Å²) >= 11 is 3.23. The van der Waals surface area contributed by atoms with E-state index in [1.165, 1.54) is 20.2 Å². The first kappa shape index (κ1) is 15.8. The van der Waals surface area contributed by atoms with E-state index in [1.54, 1.807) is 12.1 Å². The number of carbonyl (C=O) groups excluding carboxylic acids is 1. The molecular weight excluding hydrogens is 327 g/mol. The minimum absolute atomic E-state index is 0.232. The predicted molar refractivity (Wildman–Crippen MR) is 68.3 cm³/mol. The number of methoxy groups -OCH3 is 1. The maximum atomic E-state index is 12.1. The van der Waals surface area contributed by atoms with Gasteiger partial charge in [0, 0.05) is 18.1 Å². The highest BCUT2D eigenvalue weighted by atomic mass is 79.9. The minimum Gasteiger partial charge on any atom is -0.496 e. The molecule has 1 rings (SSSR count). The zero-order chi connectivity index (χ0) is 14.6. The molecule has 0 fully saturated rings. The molecular formula is C12H13BrF3NO2. The Morgan fingerprint density at radius 1 is 1.42 bits per heavy atom. The van der Waals surface area contributed by atoms with E-state index in [9.17, 15) is 18.0 Å². The Bertz CT molecular complexity index is 463. The Morgan fingerprint density at radius 3 is 2.58 bits per heavy atom. The molecule has 0 aliphatic heterocycles. The van der Waals surface area contributed by atoms with Crippen molar-refractivity contribution in [2.24, 2.45) is 0 Å². The third-order valence-electron chi connectivity index (χ3n) is 2.47. The number of hydrogen-bond donors (Lipinski definition) is 0. The maximum Gasteiger partial charge on any atom is 0.390 e. The molecule has 0 radical (unpaired) electrons. The number of benzene rings is 1. The molecule has 0 atom stereocenters. The van der Waals surface area contributed by atoms with Crippen LogP contribution in [0, 0.1) is 0 Å². The first-order chi connectivity index (χ1) is 8.74. The van der Waals surface area contributed by atoms with E-state index in [-0.39, 0.29) is 12.1 Å². The summed E-state index contributed by atoms with van der Waals surface area (Å²) in [6.07, 6.45) is -5.31. The quantitative estimate of drug-likeness (QED) is 0.840. The second-order valence-corrected chi connectivity index (χ2v) is 4.85. The lowest BCUT2D eigenvalue weighted by Gasteiger charge is -2.19. The molecule has 1 aromatic carbocycles. The molecule has 0 saturated heterocycles. The third kappa shape index (κ3) is 4.74. The summed E-state index contributed by atoms with van der Waals surface area (Å²) in [4.78, 5) is 13.0. The molecule has 0 spiro atoms. The van der Waals surface area contributed by atoms with E-state index in [0.29, 0.717) is 5.75 Å². The average molecular weight is 340 g/mol. The molecule has 0 aliphatic carbocycles. The highest BCUT2D eigenvalue weighted by Gasteiger charge is 2.28. The lowest BCUT2D eigenvalue weighted by Crippen LogP contribution is -2.30. The summed E-state index contributed by atoms with van der Waals surface area (Å²) in [7, 11) is 2.73. The van der Waals surface area contributed by atoms with Gasteiger partial charge in [-0.05, 0) is 18.2 Å². The van der Waals surface area contributed by atoms with Crippen LogP contribution >= 0.6 is 15.9 Å². The molecule has 19 heavy (non-hydrogen) atoms. The smallest absolute Gasteiger partial charge is 0.390 e. The number of alkyl halides is 3. The molecule has 0 bridgehead atoms. The van der Waals surface area contributed by atoms with E-state index in [0.717, 1.165) is 9.37 Å². The average Bonchev–Trinajstić information content (AvgIpc) is 2.34. The fraction of sp³-hybridized carbons (Fsp3) is 0.417. The maximum absolute atomic E-state index is 12.1. The third-order valence-corrected chi connectivity index (χ3v) is 2.96. The fourth-order valence-electron chi connectivity index (χ4n) is 1.44. The van der Waals surface area contributed by atoms with Crippen LogP contribution in [0.15, 0.2) is 22.7 Å². The van der Waals surface area contributed by atoms with Crippen LogP contribution in [0.3, 0.4) is 0 Å². The molecule has 0 saturated carbocycles. The van der Waals surface area contributed by atoms with Crippen molar-refractivity contribution in [2.75, 3.05) is 20.7 Å². The molecule has 7 heteroatoms. The van der Waals surface area contributed by atoms with Crippen LogP contribution in [0.2, 0.25) is 0 Å². The molecule has 0 heterocycles. The standard InChI is InChI=1S/C12H13BrF3NO2/c1-17(6-5-12(14,15)16)11(18)9-4-3-8(13)7-10(9)19-2/h3-4,7H,5-6H2,1-2H3. The van der Waals surface area contributed by atoms with E-state index in [1.807, 2.05) is 0 Å². The summed E-state index contributed by atoms with van der Waals surface area (Å²) in [5.74, 6) is -0.188. The lowest BCUT2D eigenvalue weighted by molar-refractivity contribution is -0.136. The van der Waals surface area contributed by atoms with Crippen LogP contribution in [0.25, 0.3) is 0 Å². The Labute approximate surface area is 117 Å². The van der Waals surface area contributed by atoms with Gasteiger partial charge in [-0.3, -0.25) is 4.79 Å². The van der Waals surface area contributed by atoms with Gasteiger partial charge in [-0.25, -0.2) is 0 Å². The van der Waals surface area contributed by atoms with E-state index >= 15 is 0 Å². The Balaban J connectivity index is 2.82. The lowest BCUT2D eigenvalue weighted by atomic mass is 10.1. The molecule has 106 valence electrons. The second-order valence-electron chi connectivity index (χ2n) is 3.94. The van der Waals surface area contributed by atoms with Gasteiger partial charge < -0.3 is 9.64 Å². The monoisotopic (exact) mass is 339 g/mol. The van der Waals surface area contributed by atoms with E-state index in [2.05, 4.69) is 15.9 Å².